The summed E-state index contributed by atoms with van der Waals surface area (Å²) in [6, 6.07) is 7.76. The summed E-state index contributed by atoms with van der Waals surface area (Å²) in [7, 11) is 0. The third kappa shape index (κ3) is 6.07. The largest absolute Gasteiger partial charge is 0.325 e. The van der Waals surface area contributed by atoms with Crippen LogP contribution in [-0.2, 0) is 4.79 Å². The van der Waals surface area contributed by atoms with E-state index in [9.17, 15) is 4.79 Å². The number of unbranched alkanes of at least 4 members (excludes halogenated alkanes) is 2. The molecule has 0 fully saturated rings. The molecule has 0 atom stereocenters. The number of anilines is 1. The molecule has 3 heteroatoms. The third-order valence-corrected chi connectivity index (χ3v) is 2.51. The highest BCUT2D eigenvalue weighted by Crippen LogP contribution is 2.08. The van der Waals surface area contributed by atoms with Crippen molar-refractivity contribution in [3.8, 4) is 12.3 Å². The van der Waals surface area contributed by atoms with Crippen molar-refractivity contribution in [2.24, 2.45) is 0 Å². The van der Waals surface area contributed by atoms with E-state index in [1.807, 2.05) is 31.2 Å². The number of aryl methyl sites for hydroxylation is 1. The molecule has 0 bridgehead atoms. The van der Waals surface area contributed by atoms with Crippen LogP contribution >= 0.6 is 0 Å². The van der Waals surface area contributed by atoms with Gasteiger partial charge < -0.3 is 10.6 Å². The van der Waals surface area contributed by atoms with Crippen LogP contribution in [0.15, 0.2) is 24.3 Å². The number of hydrogen-bond donors (Lipinski definition) is 2. The van der Waals surface area contributed by atoms with Gasteiger partial charge in [-0.25, -0.2) is 0 Å². The van der Waals surface area contributed by atoms with Crippen LogP contribution in [0, 0.1) is 19.3 Å². The number of benzene rings is 1. The van der Waals surface area contributed by atoms with Crippen molar-refractivity contribution in [1.29, 1.82) is 0 Å². The van der Waals surface area contributed by atoms with E-state index >= 15 is 0 Å². The highest BCUT2D eigenvalue weighted by molar-refractivity contribution is 5.92. The fraction of sp³-hybridized carbons (Fsp3) is 0.400. The maximum Gasteiger partial charge on any atom is 0.238 e. The summed E-state index contributed by atoms with van der Waals surface area (Å²) in [5.41, 5.74) is 1.98. The smallest absolute Gasteiger partial charge is 0.238 e. The lowest BCUT2D eigenvalue weighted by Crippen LogP contribution is -2.28. The summed E-state index contributed by atoms with van der Waals surface area (Å²) in [6.07, 6.45) is 7.96. The summed E-state index contributed by atoms with van der Waals surface area (Å²) >= 11 is 0. The molecule has 18 heavy (non-hydrogen) atoms. The molecule has 1 aromatic rings. The monoisotopic (exact) mass is 244 g/mol. The quantitative estimate of drug-likeness (QED) is 0.571. The van der Waals surface area contributed by atoms with Crippen molar-refractivity contribution in [3.63, 3.8) is 0 Å². The minimum atomic E-state index is -0.0162. The zero-order chi connectivity index (χ0) is 13.2. The molecular formula is C15H20N2O. The normalized spacial score (nSPS) is 9.78. The van der Waals surface area contributed by atoms with Gasteiger partial charge in [0, 0.05) is 12.1 Å². The van der Waals surface area contributed by atoms with Crippen molar-refractivity contribution in [2.45, 2.75) is 26.2 Å². The molecule has 1 aromatic carbocycles. The predicted molar refractivity (Wildman–Crippen MR) is 75.4 cm³/mol. The van der Waals surface area contributed by atoms with Gasteiger partial charge in [-0.05, 0) is 44.0 Å². The van der Waals surface area contributed by atoms with Gasteiger partial charge in [-0.2, -0.15) is 0 Å². The zero-order valence-corrected chi connectivity index (χ0v) is 10.8. The van der Waals surface area contributed by atoms with Gasteiger partial charge >= 0.3 is 0 Å². The van der Waals surface area contributed by atoms with Crippen LogP contribution in [0.2, 0.25) is 0 Å². The van der Waals surface area contributed by atoms with Gasteiger partial charge in [-0.15, -0.1) is 12.3 Å². The highest BCUT2D eigenvalue weighted by atomic mass is 16.1. The molecule has 0 aromatic heterocycles. The van der Waals surface area contributed by atoms with Crippen molar-refractivity contribution in [1.82, 2.24) is 5.32 Å². The Labute approximate surface area is 109 Å². The molecule has 0 aliphatic heterocycles. The van der Waals surface area contributed by atoms with E-state index in [2.05, 4.69) is 16.6 Å². The van der Waals surface area contributed by atoms with Gasteiger partial charge in [0.25, 0.3) is 0 Å². The molecule has 0 aliphatic carbocycles. The minimum Gasteiger partial charge on any atom is -0.325 e. The SMILES string of the molecule is C#CCCCCNCC(=O)Nc1cccc(C)c1. The van der Waals surface area contributed by atoms with E-state index in [0.29, 0.717) is 6.54 Å². The number of hydrogen-bond acceptors (Lipinski definition) is 2. The topological polar surface area (TPSA) is 41.1 Å². The van der Waals surface area contributed by atoms with Crippen molar-refractivity contribution >= 4 is 11.6 Å². The second-order valence-electron chi connectivity index (χ2n) is 4.26. The Morgan fingerprint density at radius 1 is 1.39 bits per heavy atom. The lowest BCUT2D eigenvalue weighted by Gasteiger charge is -2.07. The van der Waals surface area contributed by atoms with E-state index < -0.39 is 0 Å². The van der Waals surface area contributed by atoms with E-state index in [1.165, 1.54) is 0 Å². The predicted octanol–water partition coefficient (Wildman–Crippen LogP) is 2.33. The van der Waals surface area contributed by atoms with Gasteiger partial charge in [-0.1, -0.05) is 12.1 Å². The number of amides is 1. The number of carbonyl (C=O) groups excluding carboxylic acids is 1. The molecule has 0 unspecified atom stereocenters. The standard InChI is InChI=1S/C15H20N2O/c1-3-4-5-6-10-16-12-15(18)17-14-9-7-8-13(2)11-14/h1,7-9,11,16H,4-6,10,12H2,2H3,(H,17,18). The van der Waals surface area contributed by atoms with Crippen molar-refractivity contribution in [2.75, 3.05) is 18.4 Å². The second kappa shape index (κ2) is 8.32. The van der Waals surface area contributed by atoms with Crippen molar-refractivity contribution < 1.29 is 4.79 Å². The van der Waals surface area contributed by atoms with E-state index in [4.69, 9.17) is 6.42 Å². The number of nitrogens with one attached hydrogen (secondary N) is 2. The van der Waals surface area contributed by atoms with Crippen LogP contribution in [0.4, 0.5) is 5.69 Å². The summed E-state index contributed by atoms with van der Waals surface area (Å²) in [6.45, 7) is 3.16. The fourth-order valence-corrected chi connectivity index (χ4v) is 1.61. The van der Waals surface area contributed by atoms with Crippen molar-refractivity contribution in [3.05, 3.63) is 29.8 Å². The molecule has 1 amide bonds. The Balaban J connectivity index is 2.16. The van der Waals surface area contributed by atoms with Gasteiger partial charge in [0.2, 0.25) is 5.91 Å². The summed E-state index contributed by atoms with van der Waals surface area (Å²) in [5, 5.41) is 5.95. The highest BCUT2D eigenvalue weighted by Gasteiger charge is 2.01. The Morgan fingerprint density at radius 3 is 2.94 bits per heavy atom. The lowest BCUT2D eigenvalue weighted by atomic mass is 10.2. The molecule has 2 N–H and O–H groups in total. The van der Waals surface area contributed by atoms with Crippen LogP contribution in [0.5, 0.6) is 0 Å². The first kappa shape index (κ1) is 14.3. The van der Waals surface area contributed by atoms with E-state index in [0.717, 1.165) is 37.1 Å². The second-order valence-corrected chi connectivity index (χ2v) is 4.26. The summed E-state index contributed by atoms with van der Waals surface area (Å²) < 4.78 is 0. The molecule has 1 rings (SSSR count). The minimum absolute atomic E-state index is 0.0162. The molecule has 0 radical (unpaired) electrons. The van der Waals surface area contributed by atoms with E-state index in [1.54, 1.807) is 0 Å². The Bertz CT molecular complexity index is 421. The summed E-state index contributed by atoms with van der Waals surface area (Å²) in [4.78, 5) is 11.6. The van der Waals surface area contributed by atoms with Gasteiger partial charge in [0.05, 0.1) is 6.54 Å². The number of carbonyl (C=O) groups is 1. The first-order chi connectivity index (χ1) is 8.72. The fourth-order valence-electron chi connectivity index (χ4n) is 1.61. The maximum atomic E-state index is 11.6. The molecule has 96 valence electrons. The van der Waals surface area contributed by atoms with Crippen LogP contribution in [0.3, 0.4) is 0 Å². The van der Waals surface area contributed by atoms with Crippen LogP contribution in [-0.4, -0.2) is 19.0 Å². The average Bonchev–Trinajstić information content (AvgIpc) is 2.33. The molecular weight excluding hydrogens is 224 g/mol. The zero-order valence-electron chi connectivity index (χ0n) is 10.8. The first-order valence-corrected chi connectivity index (χ1v) is 6.23. The van der Waals surface area contributed by atoms with E-state index in [-0.39, 0.29) is 5.91 Å². The number of rotatable bonds is 7. The van der Waals surface area contributed by atoms with Crippen LogP contribution in [0.1, 0.15) is 24.8 Å². The number of terminal acetylenes is 1. The molecule has 0 saturated carbocycles. The maximum absolute atomic E-state index is 11.6. The third-order valence-electron chi connectivity index (χ3n) is 2.51. The van der Waals surface area contributed by atoms with Crippen LogP contribution in [0.25, 0.3) is 0 Å². The average molecular weight is 244 g/mol. The Morgan fingerprint density at radius 2 is 2.22 bits per heavy atom. The van der Waals surface area contributed by atoms with Gasteiger partial charge in [0.15, 0.2) is 0 Å². The molecule has 0 heterocycles. The first-order valence-electron chi connectivity index (χ1n) is 6.23. The van der Waals surface area contributed by atoms with Gasteiger partial charge in [0.1, 0.15) is 0 Å². The Hall–Kier alpha value is -1.79. The molecule has 3 nitrogen and oxygen atoms in total. The Kier molecular flexibility index (Phi) is 6.60. The lowest BCUT2D eigenvalue weighted by molar-refractivity contribution is -0.115. The summed E-state index contributed by atoms with van der Waals surface area (Å²) in [5.74, 6) is 2.58. The van der Waals surface area contributed by atoms with Crippen LogP contribution < -0.4 is 10.6 Å². The van der Waals surface area contributed by atoms with Gasteiger partial charge in [-0.3, -0.25) is 4.79 Å². The molecule has 0 spiro atoms. The molecule has 0 aliphatic rings. The molecule has 0 saturated heterocycles.